The van der Waals surface area contributed by atoms with Crippen LogP contribution in [0.5, 0.6) is 0 Å². The Hall–Kier alpha value is -2.31. The predicted octanol–water partition coefficient (Wildman–Crippen LogP) is 1.75. The summed E-state index contributed by atoms with van der Waals surface area (Å²) in [6.07, 6.45) is 7.10. The van der Waals surface area contributed by atoms with E-state index in [9.17, 15) is 4.79 Å². The fraction of sp³-hybridized carbons (Fsp3) is 0.650. The van der Waals surface area contributed by atoms with Crippen LogP contribution in [0, 0.1) is 0 Å². The Kier molecular flexibility index (Phi) is 7.30. The highest BCUT2D eigenvalue weighted by molar-refractivity contribution is 5.79. The van der Waals surface area contributed by atoms with E-state index in [4.69, 9.17) is 0 Å². The summed E-state index contributed by atoms with van der Waals surface area (Å²) < 4.78 is 0. The minimum absolute atomic E-state index is 0.292. The van der Waals surface area contributed by atoms with Crippen molar-refractivity contribution in [3.05, 3.63) is 23.9 Å². The van der Waals surface area contributed by atoms with Gasteiger partial charge in [-0.05, 0) is 44.2 Å². The number of aliphatic imine (C=N–C) groups is 1. The third kappa shape index (κ3) is 5.84. The van der Waals surface area contributed by atoms with Crippen molar-refractivity contribution in [2.24, 2.45) is 4.99 Å². The molecule has 2 aliphatic heterocycles. The van der Waals surface area contributed by atoms with Crippen LogP contribution in [0.25, 0.3) is 0 Å². The number of likely N-dealkylation sites (tertiary alicyclic amines) is 1. The molecule has 3 heterocycles. The Morgan fingerprint density at radius 1 is 1.19 bits per heavy atom. The number of pyridine rings is 1. The summed E-state index contributed by atoms with van der Waals surface area (Å²) in [5.74, 6) is 2.18. The van der Waals surface area contributed by atoms with Gasteiger partial charge >= 0.3 is 0 Å². The Morgan fingerprint density at radius 2 is 2.04 bits per heavy atom. The Morgan fingerprint density at radius 3 is 2.70 bits per heavy atom. The maximum Gasteiger partial charge on any atom is 0.222 e. The molecule has 1 aromatic rings. The van der Waals surface area contributed by atoms with Crippen LogP contribution < -0.4 is 15.5 Å². The topological polar surface area (TPSA) is 72.9 Å². The summed E-state index contributed by atoms with van der Waals surface area (Å²) in [5.41, 5.74) is 1.11. The van der Waals surface area contributed by atoms with Gasteiger partial charge in [-0.25, -0.2) is 9.98 Å². The lowest BCUT2D eigenvalue weighted by atomic mass is 10.3. The molecular weight excluding hydrogens is 340 g/mol. The molecule has 0 aromatic carbocycles. The summed E-state index contributed by atoms with van der Waals surface area (Å²) in [4.78, 5) is 25.2. The monoisotopic (exact) mass is 372 g/mol. The molecular formula is C20H32N6O. The summed E-state index contributed by atoms with van der Waals surface area (Å²) in [7, 11) is 0. The molecule has 0 unspecified atom stereocenters. The molecule has 1 amide bonds. The number of rotatable bonds is 8. The Bertz CT molecular complexity index is 624. The molecule has 2 saturated heterocycles. The molecule has 7 nitrogen and oxygen atoms in total. The average molecular weight is 373 g/mol. The van der Waals surface area contributed by atoms with E-state index in [1.165, 1.54) is 12.8 Å². The number of nitrogens with zero attached hydrogens (tertiary/aromatic N) is 4. The third-order valence-corrected chi connectivity index (χ3v) is 5.07. The van der Waals surface area contributed by atoms with Crippen LogP contribution in [0.2, 0.25) is 0 Å². The molecule has 27 heavy (non-hydrogen) atoms. The highest BCUT2D eigenvalue weighted by atomic mass is 16.2. The first kappa shape index (κ1) is 19.5. The molecule has 2 aliphatic rings. The standard InChI is InChI=1S/C20H32N6O/c1-2-21-20(22-10-6-14-26-13-5-7-19(26)27)24-16-17-8-9-18(23-15-17)25-11-3-4-12-25/h8-9,15H,2-7,10-14,16H2,1H3,(H2,21,22,24). The molecule has 7 heteroatoms. The van der Waals surface area contributed by atoms with E-state index >= 15 is 0 Å². The second-order valence-corrected chi connectivity index (χ2v) is 7.18. The quantitative estimate of drug-likeness (QED) is 0.413. The zero-order chi connectivity index (χ0) is 18.9. The fourth-order valence-corrected chi connectivity index (χ4v) is 3.57. The predicted molar refractivity (Wildman–Crippen MR) is 109 cm³/mol. The van der Waals surface area contributed by atoms with Gasteiger partial charge in [-0.3, -0.25) is 4.79 Å². The summed E-state index contributed by atoms with van der Waals surface area (Å²) in [6, 6.07) is 4.22. The molecule has 2 fully saturated rings. The van der Waals surface area contributed by atoms with Gasteiger partial charge in [0.2, 0.25) is 5.91 Å². The van der Waals surface area contributed by atoms with Gasteiger partial charge in [0, 0.05) is 51.9 Å². The van der Waals surface area contributed by atoms with Gasteiger partial charge in [0.1, 0.15) is 5.82 Å². The van der Waals surface area contributed by atoms with Gasteiger partial charge in [0.25, 0.3) is 0 Å². The van der Waals surface area contributed by atoms with Crippen LogP contribution in [0.15, 0.2) is 23.3 Å². The van der Waals surface area contributed by atoms with Gasteiger partial charge < -0.3 is 20.4 Å². The second kappa shape index (κ2) is 10.1. The van der Waals surface area contributed by atoms with Crippen molar-refractivity contribution in [1.29, 1.82) is 0 Å². The van der Waals surface area contributed by atoms with Crippen LogP contribution in [-0.4, -0.2) is 61.0 Å². The molecule has 148 valence electrons. The Balaban J connectivity index is 1.44. The fourth-order valence-electron chi connectivity index (χ4n) is 3.57. The first-order chi connectivity index (χ1) is 13.3. The van der Waals surface area contributed by atoms with Crippen LogP contribution in [0.4, 0.5) is 5.82 Å². The van der Waals surface area contributed by atoms with Gasteiger partial charge in [0.05, 0.1) is 6.54 Å². The molecule has 2 N–H and O–H groups in total. The first-order valence-electron chi connectivity index (χ1n) is 10.3. The average Bonchev–Trinajstić information content (AvgIpc) is 3.36. The summed E-state index contributed by atoms with van der Waals surface area (Å²) in [6.45, 7) is 8.26. The van der Waals surface area contributed by atoms with Gasteiger partial charge in [-0.15, -0.1) is 0 Å². The highest BCUT2D eigenvalue weighted by Gasteiger charge is 2.19. The normalized spacial score (nSPS) is 17.7. The van der Waals surface area contributed by atoms with E-state index in [2.05, 4.69) is 44.6 Å². The van der Waals surface area contributed by atoms with Crippen molar-refractivity contribution in [3.8, 4) is 0 Å². The molecule has 0 saturated carbocycles. The summed E-state index contributed by atoms with van der Waals surface area (Å²) in [5, 5.41) is 6.63. The van der Waals surface area contributed by atoms with Crippen molar-refractivity contribution in [3.63, 3.8) is 0 Å². The number of nitrogens with one attached hydrogen (secondary N) is 2. The van der Waals surface area contributed by atoms with Crippen molar-refractivity contribution in [2.75, 3.05) is 44.2 Å². The van der Waals surface area contributed by atoms with E-state index in [1.807, 2.05) is 11.1 Å². The molecule has 0 bridgehead atoms. The van der Waals surface area contributed by atoms with E-state index < -0.39 is 0 Å². The number of aromatic nitrogens is 1. The minimum atomic E-state index is 0.292. The van der Waals surface area contributed by atoms with E-state index in [0.717, 1.165) is 69.5 Å². The number of carbonyl (C=O) groups excluding carboxylic acids is 1. The largest absolute Gasteiger partial charge is 0.357 e. The number of hydrogen-bond donors (Lipinski definition) is 2. The van der Waals surface area contributed by atoms with E-state index in [-0.39, 0.29) is 0 Å². The van der Waals surface area contributed by atoms with Crippen molar-refractivity contribution < 1.29 is 4.79 Å². The molecule has 0 spiro atoms. The number of guanidine groups is 1. The van der Waals surface area contributed by atoms with Crippen molar-refractivity contribution >= 4 is 17.7 Å². The van der Waals surface area contributed by atoms with Crippen LogP contribution in [0.1, 0.15) is 44.6 Å². The molecule has 1 aromatic heterocycles. The molecule has 3 rings (SSSR count). The van der Waals surface area contributed by atoms with Crippen LogP contribution in [0.3, 0.4) is 0 Å². The van der Waals surface area contributed by atoms with Crippen molar-refractivity contribution in [2.45, 2.75) is 45.6 Å². The SMILES string of the molecule is CCNC(=NCc1ccc(N2CCCC2)nc1)NCCCN1CCCC1=O. The second-order valence-electron chi connectivity index (χ2n) is 7.18. The van der Waals surface area contributed by atoms with E-state index in [1.54, 1.807) is 0 Å². The zero-order valence-electron chi connectivity index (χ0n) is 16.4. The number of anilines is 1. The third-order valence-electron chi connectivity index (χ3n) is 5.07. The maximum absolute atomic E-state index is 11.6. The molecule has 0 radical (unpaired) electrons. The number of amides is 1. The molecule has 0 atom stereocenters. The van der Waals surface area contributed by atoms with Crippen LogP contribution in [-0.2, 0) is 11.3 Å². The van der Waals surface area contributed by atoms with Gasteiger partial charge in [-0.1, -0.05) is 6.07 Å². The van der Waals surface area contributed by atoms with E-state index in [0.29, 0.717) is 18.9 Å². The van der Waals surface area contributed by atoms with Crippen LogP contribution >= 0.6 is 0 Å². The minimum Gasteiger partial charge on any atom is -0.357 e. The summed E-state index contributed by atoms with van der Waals surface area (Å²) >= 11 is 0. The highest BCUT2D eigenvalue weighted by Crippen LogP contribution is 2.17. The van der Waals surface area contributed by atoms with Gasteiger partial charge in [-0.2, -0.15) is 0 Å². The van der Waals surface area contributed by atoms with Crippen molar-refractivity contribution in [1.82, 2.24) is 20.5 Å². The number of carbonyl (C=O) groups is 1. The lowest BCUT2D eigenvalue weighted by Gasteiger charge is -2.17. The lowest BCUT2D eigenvalue weighted by molar-refractivity contribution is -0.127. The maximum atomic E-state index is 11.6. The smallest absolute Gasteiger partial charge is 0.222 e. The molecule has 0 aliphatic carbocycles. The zero-order valence-corrected chi connectivity index (χ0v) is 16.4. The first-order valence-corrected chi connectivity index (χ1v) is 10.3. The Labute approximate surface area is 162 Å². The van der Waals surface area contributed by atoms with Gasteiger partial charge in [0.15, 0.2) is 5.96 Å². The number of hydrogen-bond acceptors (Lipinski definition) is 4. The lowest BCUT2D eigenvalue weighted by Crippen LogP contribution is -2.39.